The van der Waals surface area contributed by atoms with Gasteiger partial charge in [-0.3, -0.25) is 4.79 Å². The van der Waals surface area contributed by atoms with Crippen molar-refractivity contribution in [3.63, 3.8) is 0 Å². The maximum atomic E-state index is 10.3. The minimum Gasteiger partial charge on any atom is -0.481 e. The van der Waals surface area contributed by atoms with Crippen molar-refractivity contribution in [3.8, 4) is 0 Å². The Hall–Kier alpha value is -0.256. The second-order valence-electron chi connectivity index (χ2n) is 3.93. The Morgan fingerprint density at radius 1 is 1.24 bits per heavy atom. The van der Waals surface area contributed by atoms with Crippen LogP contribution in [0.25, 0.3) is 0 Å². The Morgan fingerprint density at radius 2 is 1.88 bits per heavy atom. The molecule has 3 N–H and O–H groups in total. The topological polar surface area (TPSA) is 96.2 Å². The van der Waals surface area contributed by atoms with Gasteiger partial charge in [0.15, 0.2) is 0 Å². The van der Waals surface area contributed by atoms with E-state index in [2.05, 4.69) is 0 Å². The van der Waals surface area contributed by atoms with Crippen molar-refractivity contribution in [2.24, 2.45) is 0 Å². The predicted molar refractivity (Wildman–Crippen MR) is 68.8 cm³/mol. The average molecular weight is 282 g/mol. The lowest BCUT2D eigenvalue weighted by molar-refractivity contribution is -0.137. The molecule has 0 fully saturated rings. The van der Waals surface area contributed by atoms with Gasteiger partial charge in [-0.1, -0.05) is 6.42 Å². The van der Waals surface area contributed by atoms with E-state index in [-0.39, 0.29) is 13.0 Å². The fraction of sp³-hybridized carbons (Fsp3) is 0.889. The van der Waals surface area contributed by atoms with Crippen LogP contribution in [0.2, 0.25) is 0 Å². The molecule has 0 aromatic rings. The highest BCUT2D eigenvalue weighted by Gasteiger charge is 2.25. The Morgan fingerprint density at radius 3 is 2.35 bits per heavy atom. The predicted octanol–water partition coefficient (Wildman–Crippen LogP) is -2.68. The summed E-state index contributed by atoms with van der Waals surface area (Å²) in [6, 6.07) is 0. The number of hydrogen-bond donors (Lipinski definition) is 3. The summed E-state index contributed by atoms with van der Waals surface area (Å²) >= 11 is 0. The van der Waals surface area contributed by atoms with Crippen LogP contribution in [0, 0.1) is 0 Å². The summed E-state index contributed by atoms with van der Waals surface area (Å²) in [5, 5.41) is 27.8. The third-order valence-electron chi connectivity index (χ3n) is 2.54. The van der Waals surface area contributed by atoms with Crippen LogP contribution in [0.15, 0.2) is 0 Å². The van der Waals surface area contributed by atoms with Crippen molar-refractivity contribution in [3.05, 3.63) is 0 Å². The Balaban J connectivity index is 3.92. The van der Waals surface area contributed by atoms with Crippen molar-refractivity contribution in [2.45, 2.75) is 44.0 Å². The van der Waals surface area contributed by atoms with Crippen molar-refractivity contribution in [2.75, 3.05) is 6.61 Å². The molecule has 0 saturated carbocycles. The Bertz CT molecular complexity index is 216. The molecule has 0 unspecified atom stereocenters. The number of carbonyl (C=O) groups is 1. The quantitative estimate of drug-likeness (QED) is 0.298. The number of carboxylic acids is 1. The van der Waals surface area contributed by atoms with E-state index in [4.69, 9.17) is 14.0 Å². The number of carboxylic acid groups (broad SMARTS) is 1. The van der Waals surface area contributed by atoms with Crippen LogP contribution in [0.1, 0.15) is 25.7 Å². The molecule has 0 aromatic heterocycles. The van der Waals surface area contributed by atoms with E-state index in [9.17, 15) is 15.0 Å². The zero-order valence-corrected chi connectivity index (χ0v) is 14.3. The number of aliphatic carboxylic acids is 1. The highest BCUT2D eigenvalue weighted by atomic mass is 28.2. The van der Waals surface area contributed by atoms with Gasteiger partial charge in [-0.2, -0.15) is 0 Å². The molecule has 0 rings (SSSR count). The van der Waals surface area contributed by atoms with E-state index >= 15 is 0 Å². The first-order chi connectivity index (χ1) is 8.02. The summed E-state index contributed by atoms with van der Waals surface area (Å²) in [6.07, 6.45) is -0.451. The fourth-order valence-electron chi connectivity index (χ4n) is 1.57. The van der Waals surface area contributed by atoms with Crippen LogP contribution < -0.4 is 0 Å². The van der Waals surface area contributed by atoms with E-state index in [1.807, 2.05) is 0 Å². The molecular weight excluding hydrogens is 260 g/mol. The van der Waals surface area contributed by atoms with Gasteiger partial charge in [0.1, 0.15) is 33.2 Å². The molecule has 0 aliphatic rings. The highest BCUT2D eigenvalue weighted by Crippen LogP contribution is 2.12. The lowest BCUT2D eigenvalue weighted by Gasteiger charge is -2.26. The molecule has 0 spiro atoms. The second kappa shape index (κ2) is 9.74. The largest absolute Gasteiger partial charge is 0.481 e. The van der Waals surface area contributed by atoms with Crippen molar-refractivity contribution >= 4 is 26.9 Å². The molecule has 0 radical (unpaired) electrons. The average Bonchev–Trinajstić information content (AvgIpc) is 2.28. The number of unbranched alkanes of at least 4 members (excludes halogenated alkanes) is 1. The monoisotopic (exact) mass is 282 g/mol. The molecule has 0 aliphatic carbocycles. The van der Waals surface area contributed by atoms with Gasteiger partial charge in [0, 0.05) is 6.42 Å². The van der Waals surface area contributed by atoms with E-state index in [1.54, 1.807) is 0 Å². The van der Waals surface area contributed by atoms with Crippen LogP contribution in [-0.2, 0) is 13.6 Å². The highest BCUT2D eigenvalue weighted by molar-refractivity contribution is 5.98. The van der Waals surface area contributed by atoms with Crippen LogP contribution in [0.3, 0.4) is 0 Å². The van der Waals surface area contributed by atoms with Gasteiger partial charge < -0.3 is 24.2 Å². The first-order valence-corrected chi connectivity index (χ1v) is 7.25. The van der Waals surface area contributed by atoms with Crippen molar-refractivity contribution in [1.82, 2.24) is 0 Å². The minimum absolute atomic E-state index is 0.115. The van der Waals surface area contributed by atoms with Crippen LogP contribution in [0.4, 0.5) is 0 Å². The van der Waals surface area contributed by atoms with E-state index in [1.165, 1.54) is 0 Å². The molecule has 0 heterocycles. The molecule has 0 bridgehead atoms. The normalized spacial score (nSPS) is 16.8. The molecule has 6 nitrogen and oxygen atoms in total. The lowest BCUT2D eigenvalue weighted by atomic mass is 10.0. The fourth-order valence-corrected chi connectivity index (χ4v) is 2.42. The van der Waals surface area contributed by atoms with Crippen LogP contribution in [0.5, 0.6) is 0 Å². The van der Waals surface area contributed by atoms with E-state index in [0.29, 0.717) is 40.2 Å². The molecule has 3 atom stereocenters. The van der Waals surface area contributed by atoms with Gasteiger partial charge in [0.05, 0.1) is 12.7 Å². The standard InChI is InChI=1S/C9H22O6Si2/c10-6(5-14-16)9(13)7(15-17)3-1-2-4-8(11)12/h6-7,9-10,13H,1-5H2,16-17H3,(H,11,12)/t6-,7-,9+/m1/s1. The van der Waals surface area contributed by atoms with Crippen molar-refractivity contribution < 1.29 is 29.0 Å². The van der Waals surface area contributed by atoms with Crippen LogP contribution >= 0.6 is 0 Å². The summed E-state index contributed by atoms with van der Waals surface area (Å²) in [7, 11) is 0.978. The maximum Gasteiger partial charge on any atom is 0.303 e. The molecule has 8 heteroatoms. The molecular formula is C9H22O6Si2. The van der Waals surface area contributed by atoms with Gasteiger partial charge in [-0.05, 0) is 12.8 Å². The molecule has 0 saturated heterocycles. The second-order valence-corrected chi connectivity index (χ2v) is 4.98. The number of aliphatic hydroxyl groups excluding tert-OH is 2. The van der Waals surface area contributed by atoms with Gasteiger partial charge in [0.2, 0.25) is 0 Å². The molecule has 0 amide bonds. The lowest BCUT2D eigenvalue weighted by Crippen LogP contribution is -2.41. The molecule has 102 valence electrons. The van der Waals surface area contributed by atoms with Gasteiger partial charge in [-0.15, -0.1) is 0 Å². The smallest absolute Gasteiger partial charge is 0.303 e. The number of aliphatic hydroxyl groups is 2. The zero-order valence-electron chi connectivity index (χ0n) is 10.3. The summed E-state index contributed by atoms with van der Waals surface area (Å²) in [4.78, 5) is 10.3. The van der Waals surface area contributed by atoms with Gasteiger partial charge in [0.25, 0.3) is 0 Å². The summed E-state index contributed by atoms with van der Waals surface area (Å²) in [5.74, 6) is -0.821. The van der Waals surface area contributed by atoms with E-state index in [0.717, 1.165) is 0 Å². The summed E-state index contributed by atoms with van der Waals surface area (Å²) in [5.41, 5.74) is 0. The van der Waals surface area contributed by atoms with Gasteiger partial charge >= 0.3 is 5.97 Å². The Kier molecular flexibility index (Phi) is 9.59. The SMILES string of the molecule is O=C(O)CCCC[C@@H](O[SiH3])[C@@H](O)[C@H](O)CO[SiH3]. The first kappa shape index (κ1) is 16.7. The Labute approximate surface area is 107 Å². The number of rotatable bonds is 10. The summed E-state index contributed by atoms with van der Waals surface area (Å²) in [6.45, 7) is 0.115. The van der Waals surface area contributed by atoms with Gasteiger partial charge in [-0.25, -0.2) is 0 Å². The maximum absolute atomic E-state index is 10.3. The molecule has 0 aliphatic heterocycles. The molecule has 0 aromatic carbocycles. The third kappa shape index (κ3) is 7.63. The van der Waals surface area contributed by atoms with Crippen LogP contribution in [-0.4, -0.2) is 67.2 Å². The molecule has 17 heavy (non-hydrogen) atoms. The van der Waals surface area contributed by atoms with Crippen molar-refractivity contribution in [1.29, 1.82) is 0 Å². The van der Waals surface area contributed by atoms with E-state index < -0.39 is 24.3 Å². The zero-order chi connectivity index (χ0) is 13.3. The minimum atomic E-state index is -0.966. The number of hydrogen-bond acceptors (Lipinski definition) is 5. The first-order valence-electron chi connectivity index (χ1n) is 5.62. The summed E-state index contributed by atoms with van der Waals surface area (Å²) < 4.78 is 10.1. The third-order valence-corrected chi connectivity index (χ3v) is 3.48.